The first-order valence-electron chi connectivity index (χ1n) is 10.7. The van der Waals surface area contributed by atoms with E-state index in [1.165, 1.54) is 24.3 Å². The van der Waals surface area contributed by atoms with Gasteiger partial charge in [-0.2, -0.15) is 13.2 Å². The fourth-order valence-electron chi connectivity index (χ4n) is 3.44. The van der Waals surface area contributed by atoms with Crippen LogP contribution in [-0.2, 0) is 27.9 Å². The van der Waals surface area contributed by atoms with Gasteiger partial charge in [0.25, 0.3) is 0 Å². The molecule has 0 spiro atoms. The third-order valence-corrected chi connectivity index (χ3v) is 6.39. The number of halogens is 5. The topological polar surface area (TPSA) is 115 Å². The SMILES string of the molecule is CS(=O)(=O)NC(CNC(=O)Cn1nc(-c2ccc(Cl)cc2)n(CCC(F)(F)F)c1=O)c1ccccc1Cl. The highest BCUT2D eigenvalue weighted by molar-refractivity contribution is 7.88. The first-order valence-corrected chi connectivity index (χ1v) is 13.4. The van der Waals surface area contributed by atoms with E-state index >= 15 is 0 Å². The number of alkyl halides is 3. The van der Waals surface area contributed by atoms with E-state index in [-0.39, 0.29) is 17.4 Å². The lowest BCUT2D eigenvalue weighted by Crippen LogP contribution is -2.40. The van der Waals surface area contributed by atoms with Crippen LogP contribution in [0.3, 0.4) is 0 Å². The number of carbonyl (C=O) groups excluding carboxylic acids is 1. The number of carbonyl (C=O) groups is 1. The molecule has 0 radical (unpaired) electrons. The van der Waals surface area contributed by atoms with E-state index < -0.39 is 53.3 Å². The van der Waals surface area contributed by atoms with Crippen LogP contribution in [-0.4, -0.2) is 47.6 Å². The lowest BCUT2D eigenvalue weighted by molar-refractivity contribution is -0.136. The molecular formula is C22H22Cl2F3N5O4S. The zero-order valence-electron chi connectivity index (χ0n) is 19.3. The van der Waals surface area contributed by atoms with Gasteiger partial charge in [0.2, 0.25) is 15.9 Å². The maximum absolute atomic E-state index is 12.9. The Labute approximate surface area is 220 Å². The number of aromatic nitrogens is 3. The molecule has 2 N–H and O–H groups in total. The highest BCUT2D eigenvalue weighted by Crippen LogP contribution is 2.24. The lowest BCUT2D eigenvalue weighted by Gasteiger charge is -2.19. The Balaban J connectivity index is 1.83. The van der Waals surface area contributed by atoms with Crippen LogP contribution >= 0.6 is 23.2 Å². The minimum Gasteiger partial charge on any atom is -0.353 e. The highest BCUT2D eigenvalue weighted by atomic mass is 35.5. The number of hydrogen-bond donors (Lipinski definition) is 2. The minimum absolute atomic E-state index is 0.0635. The molecule has 9 nitrogen and oxygen atoms in total. The summed E-state index contributed by atoms with van der Waals surface area (Å²) in [5.41, 5.74) is -0.172. The fourth-order valence-corrected chi connectivity index (χ4v) is 4.56. The van der Waals surface area contributed by atoms with Crippen LogP contribution in [0.4, 0.5) is 13.2 Å². The summed E-state index contributed by atoms with van der Waals surface area (Å²) in [6.45, 7) is -1.54. The van der Waals surface area contributed by atoms with Gasteiger partial charge in [-0.25, -0.2) is 22.6 Å². The van der Waals surface area contributed by atoms with Crippen LogP contribution in [0.25, 0.3) is 11.4 Å². The van der Waals surface area contributed by atoms with E-state index in [1.54, 1.807) is 24.3 Å². The van der Waals surface area contributed by atoms with Crippen LogP contribution in [0.2, 0.25) is 10.0 Å². The molecule has 1 aromatic heterocycles. The summed E-state index contributed by atoms with van der Waals surface area (Å²) in [6.07, 6.45) is -4.84. The quantitative estimate of drug-likeness (QED) is 0.382. The third kappa shape index (κ3) is 8.32. The summed E-state index contributed by atoms with van der Waals surface area (Å²) in [6, 6.07) is 11.5. The first kappa shape index (κ1) is 28.7. The maximum atomic E-state index is 12.9. The predicted molar refractivity (Wildman–Crippen MR) is 133 cm³/mol. The summed E-state index contributed by atoms with van der Waals surface area (Å²) in [5.74, 6) is -0.788. The van der Waals surface area contributed by atoms with Gasteiger partial charge in [0, 0.05) is 28.7 Å². The molecular weight excluding hydrogens is 558 g/mol. The van der Waals surface area contributed by atoms with Gasteiger partial charge < -0.3 is 5.32 Å². The highest BCUT2D eigenvalue weighted by Gasteiger charge is 2.29. The number of rotatable bonds is 10. The van der Waals surface area contributed by atoms with Crippen molar-refractivity contribution < 1.29 is 26.4 Å². The number of hydrogen-bond acceptors (Lipinski definition) is 5. The third-order valence-electron chi connectivity index (χ3n) is 5.08. The summed E-state index contributed by atoms with van der Waals surface area (Å²) in [5, 5.41) is 7.23. The molecule has 200 valence electrons. The molecule has 0 aliphatic rings. The summed E-state index contributed by atoms with van der Waals surface area (Å²) in [4.78, 5) is 25.5. The van der Waals surface area contributed by atoms with E-state index in [4.69, 9.17) is 23.2 Å². The van der Waals surface area contributed by atoms with Gasteiger partial charge in [-0.05, 0) is 35.9 Å². The fraction of sp³-hybridized carbons (Fsp3) is 0.318. The van der Waals surface area contributed by atoms with Crippen molar-refractivity contribution in [2.24, 2.45) is 0 Å². The monoisotopic (exact) mass is 579 g/mol. The normalized spacial score (nSPS) is 12.9. The number of nitrogens with one attached hydrogen (secondary N) is 2. The Morgan fingerprint density at radius 2 is 1.76 bits per heavy atom. The van der Waals surface area contributed by atoms with Gasteiger partial charge in [0.15, 0.2) is 5.82 Å². The first-order chi connectivity index (χ1) is 17.2. The number of nitrogens with zero attached hydrogens (tertiary/aromatic N) is 3. The smallest absolute Gasteiger partial charge is 0.353 e. The van der Waals surface area contributed by atoms with Crippen LogP contribution in [0.15, 0.2) is 53.3 Å². The van der Waals surface area contributed by atoms with Crippen LogP contribution in [0.5, 0.6) is 0 Å². The van der Waals surface area contributed by atoms with E-state index in [0.29, 0.717) is 16.1 Å². The molecule has 0 saturated carbocycles. The minimum atomic E-state index is -4.52. The number of amides is 1. The molecule has 2 aromatic carbocycles. The van der Waals surface area contributed by atoms with Crippen molar-refractivity contribution in [2.75, 3.05) is 12.8 Å². The van der Waals surface area contributed by atoms with E-state index in [9.17, 15) is 31.2 Å². The van der Waals surface area contributed by atoms with Crippen molar-refractivity contribution in [3.8, 4) is 11.4 Å². The molecule has 1 unspecified atom stereocenters. The summed E-state index contributed by atoms with van der Waals surface area (Å²) < 4.78 is 66.2. The molecule has 1 heterocycles. The molecule has 3 rings (SSSR count). The second-order valence-corrected chi connectivity index (χ2v) is 10.7. The van der Waals surface area contributed by atoms with Crippen molar-refractivity contribution in [1.29, 1.82) is 0 Å². The summed E-state index contributed by atoms with van der Waals surface area (Å²) in [7, 11) is -3.69. The standard InChI is InChI=1S/C22H22Cl2F3N5O4S/c1-37(35,36)30-18(16-4-2-3-5-17(16)24)12-28-19(33)13-32-21(34)31(11-10-22(25,26)27)20(29-32)14-6-8-15(23)9-7-14/h2-9,18,30H,10-13H2,1H3,(H,28,33). The predicted octanol–water partition coefficient (Wildman–Crippen LogP) is 3.38. The van der Waals surface area contributed by atoms with E-state index in [2.05, 4.69) is 15.1 Å². The Morgan fingerprint density at radius 1 is 1.11 bits per heavy atom. The van der Waals surface area contributed by atoms with Crippen molar-refractivity contribution >= 4 is 39.1 Å². The molecule has 0 aliphatic carbocycles. The largest absolute Gasteiger partial charge is 0.390 e. The second kappa shape index (κ2) is 11.7. The zero-order valence-corrected chi connectivity index (χ0v) is 21.6. The second-order valence-electron chi connectivity index (χ2n) is 8.06. The van der Waals surface area contributed by atoms with Gasteiger partial charge in [-0.1, -0.05) is 41.4 Å². The molecule has 1 amide bonds. The van der Waals surface area contributed by atoms with Gasteiger partial charge in [-0.15, -0.1) is 5.10 Å². The Hall–Kier alpha value is -2.87. The Morgan fingerprint density at radius 3 is 2.35 bits per heavy atom. The van der Waals surface area contributed by atoms with Crippen LogP contribution in [0.1, 0.15) is 18.0 Å². The lowest BCUT2D eigenvalue weighted by atomic mass is 10.1. The van der Waals surface area contributed by atoms with Crippen molar-refractivity contribution in [1.82, 2.24) is 24.4 Å². The molecule has 0 aliphatic heterocycles. The molecule has 0 saturated heterocycles. The van der Waals surface area contributed by atoms with Gasteiger partial charge in [-0.3, -0.25) is 9.36 Å². The number of benzene rings is 2. The molecule has 37 heavy (non-hydrogen) atoms. The van der Waals surface area contributed by atoms with Crippen molar-refractivity contribution in [3.05, 3.63) is 74.6 Å². The van der Waals surface area contributed by atoms with Crippen LogP contribution in [0, 0.1) is 0 Å². The Bertz CT molecular complexity index is 1420. The average Bonchev–Trinajstić information content (AvgIpc) is 3.10. The molecule has 0 fully saturated rings. The number of sulfonamides is 1. The van der Waals surface area contributed by atoms with Gasteiger partial charge in [0.05, 0.1) is 18.7 Å². The van der Waals surface area contributed by atoms with E-state index in [1.807, 2.05) is 0 Å². The van der Waals surface area contributed by atoms with E-state index in [0.717, 1.165) is 15.5 Å². The summed E-state index contributed by atoms with van der Waals surface area (Å²) >= 11 is 12.0. The molecule has 15 heteroatoms. The molecule has 0 bridgehead atoms. The van der Waals surface area contributed by atoms with Crippen molar-refractivity contribution in [2.45, 2.75) is 31.7 Å². The molecule has 1 atom stereocenters. The maximum Gasteiger partial charge on any atom is 0.390 e. The van der Waals surface area contributed by atoms with Gasteiger partial charge in [0.1, 0.15) is 6.54 Å². The van der Waals surface area contributed by atoms with Crippen molar-refractivity contribution in [3.63, 3.8) is 0 Å². The Kier molecular flexibility index (Phi) is 9.05. The average molecular weight is 580 g/mol. The molecule has 3 aromatic rings. The van der Waals surface area contributed by atoms with Crippen LogP contribution < -0.4 is 15.7 Å². The van der Waals surface area contributed by atoms with Gasteiger partial charge >= 0.3 is 11.9 Å². The zero-order chi connectivity index (χ0) is 27.4.